The van der Waals surface area contributed by atoms with Crippen LogP contribution in [0.25, 0.3) is 16.5 Å². The number of aliphatic hydroxyl groups excluding tert-OH is 2. The Morgan fingerprint density at radius 2 is 1.95 bits per heavy atom. The van der Waals surface area contributed by atoms with E-state index in [0.717, 1.165) is 12.0 Å². The number of methoxy groups -OCH3 is 1. The lowest BCUT2D eigenvalue weighted by molar-refractivity contribution is -0.147. The van der Waals surface area contributed by atoms with Crippen LogP contribution in [0.1, 0.15) is 36.0 Å². The third-order valence-electron chi connectivity index (χ3n) is 8.07. The molecular formula is C28H29FN2O8. The first-order chi connectivity index (χ1) is 18.5. The van der Waals surface area contributed by atoms with Crippen LogP contribution >= 0.6 is 0 Å². The standard InChI is InChI=1S/C28H29FN2O8/c1-39-6-2-5-31-11-12-3-4-15-16(7-12)23(33)20-17(22(15)29)9-13-8-14-10-18(32)21(27(30)37)26(36)28(14,38)25(35)19(13)24(20)34/h3-4,7,13-14,31,33-34,36,38H,2,5-6,8-11H2,1H3,(H2,30,37)/t13-,14?,28+/m1/s1. The Morgan fingerprint density at radius 3 is 2.64 bits per heavy atom. The van der Waals surface area contributed by atoms with Crippen LogP contribution in [0.4, 0.5) is 4.39 Å². The molecule has 206 valence electrons. The predicted octanol–water partition coefficient (Wildman–Crippen LogP) is 1.84. The second kappa shape index (κ2) is 9.74. The molecule has 1 amide bonds. The van der Waals surface area contributed by atoms with Gasteiger partial charge in [-0.1, -0.05) is 12.1 Å². The van der Waals surface area contributed by atoms with Gasteiger partial charge in [0, 0.05) is 54.5 Å². The summed E-state index contributed by atoms with van der Waals surface area (Å²) in [5.41, 5.74) is 1.86. The number of carbonyl (C=O) groups is 3. The van der Waals surface area contributed by atoms with Crippen LogP contribution < -0.4 is 11.1 Å². The van der Waals surface area contributed by atoms with E-state index >= 15 is 4.39 Å². The van der Waals surface area contributed by atoms with Gasteiger partial charge in [-0.3, -0.25) is 14.4 Å². The molecule has 1 saturated carbocycles. The molecule has 3 atom stereocenters. The van der Waals surface area contributed by atoms with Crippen molar-refractivity contribution >= 4 is 34.0 Å². The number of amides is 1. The van der Waals surface area contributed by atoms with Crippen LogP contribution in [-0.4, -0.2) is 63.8 Å². The lowest BCUT2D eigenvalue weighted by Crippen LogP contribution is -2.58. The van der Waals surface area contributed by atoms with Crippen molar-refractivity contribution < 1.29 is 43.9 Å². The molecule has 11 heteroatoms. The van der Waals surface area contributed by atoms with Gasteiger partial charge in [0.25, 0.3) is 5.91 Å². The zero-order chi connectivity index (χ0) is 28.2. The number of primary amides is 1. The Morgan fingerprint density at radius 1 is 1.21 bits per heavy atom. The molecule has 0 radical (unpaired) electrons. The van der Waals surface area contributed by atoms with Gasteiger partial charge in [-0.15, -0.1) is 0 Å². The number of rotatable bonds is 7. The second-order valence-electron chi connectivity index (χ2n) is 10.3. The molecule has 39 heavy (non-hydrogen) atoms. The molecule has 10 nitrogen and oxygen atoms in total. The molecule has 0 heterocycles. The highest BCUT2D eigenvalue weighted by Crippen LogP contribution is 2.53. The van der Waals surface area contributed by atoms with Gasteiger partial charge in [0.2, 0.25) is 5.78 Å². The highest BCUT2D eigenvalue weighted by molar-refractivity contribution is 6.22. The minimum atomic E-state index is -2.66. The van der Waals surface area contributed by atoms with Crippen molar-refractivity contribution in [3.05, 3.63) is 57.6 Å². The molecule has 0 saturated heterocycles. The van der Waals surface area contributed by atoms with E-state index < -0.39 is 70.0 Å². The molecule has 1 fully saturated rings. The summed E-state index contributed by atoms with van der Waals surface area (Å²) >= 11 is 0. The summed E-state index contributed by atoms with van der Waals surface area (Å²) in [4.78, 5) is 37.8. The summed E-state index contributed by atoms with van der Waals surface area (Å²) in [6.45, 7) is 1.72. The number of benzene rings is 2. The van der Waals surface area contributed by atoms with Gasteiger partial charge in [-0.05, 0) is 43.4 Å². The van der Waals surface area contributed by atoms with Gasteiger partial charge in [-0.2, -0.15) is 0 Å². The van der Waals surface area contributed by atoms with Crippen molar-refractivity contribution in [3.8, 4) is 5.75 Å². The largest absolute Gasteiger partial charge is 0.508 e. The molecule has 0 bridgehead atoms. The van der Waals surface area contributed by atoms with Crippen molar-refractivity contribution in [1.29, 1.82) is 0 Å². The molecule has 1 unspecified atom stereocenters. The Labute approximate surface area is 222 Å². The first-order valence-electron chi connectivity index (χ1n) is 12.6. The lowest BCUT2D eigenvalue weighted by Gasteiger charge is -2.46. The SMILES string of the molecule is COCCCNCc1ccc2c(F)c3c(c(O)c2c1)C(O)=C1C(=O)[C@]2(O)C(O)=C(C(N)=O)C(=O)CC2C[C@@H]1C3. The molecule has 3 aliphatic rings. The number of halogens is 1. The average Bonchev–Trinajstić information content (AvgIpc) is 2.88. The Balaban J connectivity index is 1.60. The maximum absolute atomic E-state index is 15.8. The summed E-state index contributed by atoms with van der Waals surface area (Å²) in [6, 6.07) is 4.87. The number of ether oxygens (including phenoxy) is 1. The first-order valence-corrected chi connectivity index (χ1v) is 12.6. The highest BCUT2D eigenvalue weighted by Gasteiger charge is 2.60. The summed E-state index contributed by atoms with van der Waals surface area (Å²) in [7, 11) is 1.61. The van der Waals surface area contributed by atoms with Gasteiger partial charge in [0.15, 0.2) is 11.4 Å². The fourth-order valence-corrected chi connectivity index (χ4v) is 6.17. The van der Waals surface area contributed by atoms with Crippen molar-refractivity contribution in [1.82, 2.24) is 5.32 Å². The maximum Gasteiger partial charge on any atom is 0.255 e. The van der Waals surface area contributed by atoms with Crippen LogP contribution in [0.3, 0.4) is 0 Å². The summed E-state index contributed by atoms with van der Waals surface area (Å²) < 4.78 is 20.8. The van der Waals surface area contributed by atoms with Crippen molar-refractivity contribution in [2.45, 2.75) is 37.8 Å². The monoisotopic (exact) mass is 540 g/mol. The number of phenols is 1. The summed E-state index contributed by atoms with van der Waals surface area (Å²) in [5, 5.41) is 47.9. The fourth-order valence-electron chi connectivity index (χ4n) is 6.17. The van der Waals surface area contributed by atoms with E-state index in [1.165, 1.54) is 0 Å². The Bertz CT molecular complexity index is 1500. The molecule has 0 aromatic heterocycles. The number of hydrogen-bond donors (Lipinski definition) is 6. The van der Waals surface area contributed by atoms with Gasteiger partial charge in [0.1, 0.15) is 28.7 Å². The number of fused-ring (bicyclic) bond motifs is 4. The molecule has 2 aromatic carbocycles. The van der Waals surface area contributed by atoms with Crippen LogP contribution in [-0.2, 0) is 32.1 Å². The van der Waals surface area contributed by atoms with Crippen LogP contribution in [0.15, 0.2) is 35.1 Å². The third-order valence-corrected chi connectivity index (χ3v) is 8.07. The molecule has 0 aliphatic heterocycles. The number of hydrogen-bond acceptors (Lipinski definition) is 9. The van der Waals surface area contributed by atoms with E-state index in [1.807, 2.05) is 0 Å². The van der Waals surface area contributed by atoms with Crippen molar-refractivity contribution in [2.24, 2.45) is 17.6 Å². The quantitative estimate of drug-likeness (QED) is 0.226. The number of nitrogens with one attached hydrogen (secondary N) is 1. The predicted molar refractivity (Wildman–Crippen MR) is 137 cm³/mol. The number of aromatic hydroxyl groups is 1. The minimum absolute atomic E-state index is 0.00894. The first kappa shape index (κ1) is 26.8. The van der Waals surface area contributed by atoms with Gasteiger partial charge >= 0.3 is 0 Å². The molecule has 2 aromatic rings. The normalized spacial score (nSPS) is 24.6. The molecule has 0 spiro atoms. The maximum atomic E-state index is 15.8. The van der Waals surface area contributed by atoms with E-state index in [2.05, 4.69) is 5.32 Å². The topological polar surface area (TPSA) is 179 Å². The summed E-state index contributed by atoms with van der Waals surface area (Å²) in [6.07, 6.45) is 0.207. The van der Waals surface area contributed by atoms with E-state index in [-0.39, 0.29) is 40.3 Å². The number of carbonyl (C=O) groups excluding carboxylic acids is 3. The zero-order valence-corrected chi connectivity index (χ0v) is 21.2. The highest BCUT2D eigenvalue weighted by atomic mass is 19.1. The Hall–Kier alpha value is -3.80. The molecule has 3 aliphatic carbocycles. The minimum Gasteiger partial charge on any atom is -0.508 e. The second-order valence-corrected chi connectivity index (χ2v) is 10.3. The van der Waals surface area contributed by atoms with E-state index in [1.54, 1.807) is 25.3 Å². The number of phenolic OH excluding ortho intramolecular Hbond substituents is 1. The van der Waals surface area contributed by atoms with Crippen LogP contribution in [0, 0.1) is 17.7 Å². The van der Waals surface area contributed by atoms with Crippen molar-refractivity contribution in [2.75, 3.05) is 20.3 Å². The molecule has 5 rings (SSSR count). The number of aliphatic hydroxyl groups is 3. The van der Waals surface area contributed by atoms with Crippen LogP contribution in [0.5, 0.6) is 5.75 Å². The molecular weight excluding hydrogens is 511 g/mol. The fraction of sp³-hybridized carbons (Fsp3) is 0.393. The van der Waals surface area contributed by atoms with Gasteiger partial charge in [-0.25, -0.2) is 4.39 Å². The average molecular weight is 541 g/mol. The Kier molecular flexibility index (Phi) is 6.69. The number of Topliss-reactive ketones (excluding diaryl/α,β-unsaturated/α-hetero) is 2. The van der Waals surface area contributed by atoms with E-state index in [0.29, 0.717) is 19.7 Å². The van der Waals surface area contributed by atoms with Gasteiger partial charge < -0.3 is 36.2 Å². The summed E-state index contributed by atoms with van der Waals surface area (Å²) in [5.74, 6) is -8.08. The van der Waals surface area contributed by atoms with Crippen LogP contribution in [0.2, 0.25) is 0 Å². The zero-order valence-electron chi connectivity index (χ0n) is 21.2. The number of ketones is 2. The number of nitrogens with two attached hydrogens (primary N) is 1. The smallest absolute Gasteiger partial charge is 0.255 e. The molecule has 7 N–H and O–H groups in total. The van der Waals surface area contributed by atoms with Gasteiger partial charge in [0.05, 0.1) is 5.56 Å². The van der Waals surface area contributed by atoms with E-state index in [4.69, 9.17) is 10.5 Å². The van der Waals surface area contributed by atoms with E-state index in [9.17, 15) is 34.8 Å². The lowest BCUT2D eigenvalue weighted by atomic mass is 9.59. The van der Waals surface area contributed by atoms with Crippen molar-refractivity contribution in [3.63, 3.8) is 0 Å². The third kappa shape index (κ3) is 4.00.